The smallest absolute Gasteiger partial charge is 0.306 e. The van der Waals surface area contributed by atoms with Crippen LogP contribution in [0.15, 0.2) is 48.6 Å². The van der Waals surface area contributed by atoms with Gasteiger partial charge in [0.2, 0.25) is 0 Å². The molecule has 0 bridgehead atoms. The fraction of sp³-hybridized carbons (Fsp3) is 0.800. The first kappa shape index (κ1) is 58.4. The van der Waals surface area contributed by atoms with Crippen LogP contribution in [0.1, 0.15) is 265 Å². The molecule has 6 nitrogen and oxygen atoms in total. The number of carbonyl (C=O) groups excluding carboxylic acids is 3. The Labute approximate surface area is 378 Å². The minimum absolute atomic E-state index is 0.0812. The highest BCUT2D eigenvalue weighted by Crippen LogP contribution is 2.15. The first-order chi connectivity index (χ1) is 30.0. The number of hydrogen-bond acceptors (Lipinski definition) is 6. The van der Waals surface area contributed by atoms with Gasteiger partial charge in [-0.05, 0) is 83.5 Å². The first-order valence-corrected chi connectivity index (χ1v) is 26.1. The molecule has 0 saturated heterocycles. The van der Waals surface area contributed by atoms with Crippen LogP contribution in [-0.2, 0) is 28.6 Å². The second-order valence-electron chi connectivity index (χ2n) is 17.4. The van der Waals surface area contributed by atoms with Gasteiger partial charge in [0.1, 0.15) is 13.2 Å². The van der Waals surface area contributed by atoms with Crippen LogP contribution in [0.3, 0.4) is 0 Å². The van der Waals surface area contributed by atoms with E-state index in [0.717, 1.165) is 103 Å². The zero-order valence-corrected chi connectivity index (χ0v) is 40.4. The molecule has 0 saturated carbocycles. The van der Waals surface area contributed by atoms with Gasteiger partial charge in [0.05, 0.1) is 0 Å². The van der Waals surface area contributed by atoms with Crippen LogP contribution in [0.5, 0.6) is 0 Å². The molecule has 0 amide bonds. The molecule has 6 heteroatoms. The molecule has 0 aliphatic rings. The van der Waals surface area contributed by atoms with E-state index in [1.165, 1.54) is 122 Å². The van der Waals surface area contributed by atoms with Crippen LogP contribution < -0.4 is 0 Å². The molecule has 0 spiro atoms. The summed E-state index contributed by atoms with van der Waals surface area (Å²) in [6, 6.07) is 0. The number of rotatable bonds is 47. The Hall–Kier alpha value is -2.63. The third-order valence-corrected chi connectivity index (χ3v) is 11.3. The molecule has 0 radical (unpaired) electrons. The lowest BCUT2D eigenvalue weighted by molar-refractivity contribution is -0.167. The van der Waals surface area contributed by atoms with Crippen LogP contribution in [0.2, 0.25) is 0 Å². The number of hydrogen-bond donors (Lipinski definition) is 0. The molecule has 0 fully saturated rings. The Bertz CT molecular complexity index is 1070. The van der Waals surface area contributed by atoms with E-state index >= 15 is 0 Å². The van der Waals surface area contributed by atoms with Crippen molar-refractivity contribution in [2.75, 3.05) is 13.2 Å². The number of carbonyl (C=O) groups is 3. The summed E-state index contributed by atoms with van der Waals surface area (Å²) in [5.74, 6) is -0.902. The summed E-state index contributed by atoms with van der Waals surface area (Å²) in [5.41, 5.74) is 0. The van der Waals surface area contributed by atoms with Crippen molar-refractivity contribution in [3.05, 3.63) is 48.6 Å². The number of unbranched alkanes of at least 4 members (excludes halogenated alkanes) is 28. The van der Waals surface area contributed by atoms with E-state index in [-0.39, 0.29) is 31.1 Å². The van der Waals surface area contributed by atoms with Gasteiger partial charge in [-0.15, -0.1) is 0 Å². The molecule has 0 aliphatic carbocycles. The van der Waals surface area contributed by atoms with Gasteiger partial charge >= 0.3 is 17.9 Å². The maximum absolute atomic E-state index is 12.8. The van der Waals surface area contributed by atoms with Gasteiger partial charge in [0.15, 0.2) is 6.10 Å². The van der Waals surface area contributed by atoms with Crippen molar-refractivity contribution in [2.45, 2.75) is 271 Å². The van der Waals surface area contributed by atoms with Crippen LogP contribution in [0, 0.1) is 0 Å². The highest BCUT2D eigenvalue weighted by Gasteiger charge is 2.19. The third-order valence-electron chi connectivity index (χ3n) is 11.3. The Balaban J connectivity index is 4.41. The Morgan fingerprint density at radius 3 is 0.934 bits per heavy atom. The average molecular weight is 855 g/mol. The quantitative estimate of drug-likeness (QED) is 0.0263. The molecule has 0 aromatic heterocycles. The monoisotopic (exact) mass is 855 g/mol. The SMILES string of the molecule is CCCCC/C=C\C/C=C\CCCCCCCC(=O)OC[C@H](COC(=O)CCCCCCCCCCCCCCC)OC(=O)CCCCCCC/C=C\C/C=C\CCCCC. The van der Waals surface area contributed by atoms with E-state index in [4.69, 9.17) is 14.2 Å². The van der Waals surface area contributed by atoms with Crippen molar-refractivity contribution >= 4 is 17.9 Å². The van der Waals surface area contributed by atoms with Crippen molar-refractivity contribution in [3.63, 3.8) is 0 Å². The fourth-order valence-electron chi connectivity index (χ4n) is 7.33. The second kappa shape index (κ2) is 50.0. The molecule has 0 aromatic carbocycles. The molecule has 0 aliphatic heterocycles. The fourth-order valence-corrected chi connectivity index (χ4v) is 7.33. The summed E-state index contributed by atoms with van der Waals surface area (Å²) in [6.45, 7) is 6.57. The van der Waals surface area contributed by atoms with Gasteiger partial charge in [0, 0.05) is 19.3 Å². The molecular formula is C55H98O6. The summed E-state index contributed by atoms with van der Waals surface area (Å²) >= 11 is 0. The lowest BCUT2D eigenvalue weighted by Gasteiger charge is -2.18. The highest BCUT2D eigenvalue weighted by molar-refractivity contribution is 5.71. The lowest BCUT2D eigenvalue weighted by Crippen LogP contribution is -2.30. The van der Waals surface area contributed by atoms with Crippen molar-refractivity contribution in [1.29, 1.82) is 0 Å². The molecule has 0 unspecified atom stereocenters. The van der Waals surface area contributed by atoms with Gasteiger partial charge in [-0.2, -0.15) is 0 Å². The van der Waals surface area contributed by atoms with Gasteiger partial charge in [0.25, 0.3) is 0 Å². The number of esters is 3. The predicted molar refractivity (Wildman–Crippen MR) is 261 cm³/mol. The molecule has 0 heterocycles. The normalized spacial score (nSPS) is 12.4. The average Bonchev–Trinajstić information content (AvgIpc) is 3.26. The molecule has 0 N–H and O–H groups in total. The minimum Gasteiger partial charge on any atom is -0.462 e. The van der Waals surface area contributed by atoms with Gasteiger partial charge in [-0.3, -0.25) is 14.4 Å². The van der Waals surface area contributed by atoms with Crippen molar-refractivity contribution in [2.24, 2.45) is 0 Å². The molecule has 0 rings (SSSR count). The van der Waals surface area contributed by atoms with Crippen LogP contribution in [0.4, 0.5) is 0 Å². The zero-order valence-electron chi connectivity index (χ0n) is 40.4. The number of ether oxygens (including phenoxy) is 3. The summed E-state index contributed by atoms with van der Waals surface area (Å²) in [7, 11) is 0. The topological polar surface area (TPSA) is 78.9 Å². The summed E-state index contributed by atoms with van der Waals surface area (Å²) in [6.07, 6.45) is 59.4. The molecule has 61 heavy (non-hydrogen) atoms. The second-order valence-corrected chi connectivity index (χ2v) is 17.4. The Kier molecular flexibility index (Phi) is 47.9. The van der Waals surface area contributed by atoms with E-state index in [2.05, 4.69) is 69.4 Å². The Morgan fingerprint density at radius 2 is 0.590 bits per heavy atom. The van der Waals surface area contributed by atoms with E-state index < -0.39 is 6.10 Å². The summed E-state index contributed by atoms with van der Waals surface area (Å²) in [4.78, 5) is 38.0. The summed E-state index contributed by atoms with van der Waals surface area (Å²) < 4.78 is 16.8. The lowest BCUT2D eigenvalue weighted by atomic mass is 10.0. The van der Waals surface area contributed by atoms with E-state index in [0.29, 0.717) is 19.3 Å². The van der Waals surface area contributed by atoms with Crippen LogP contribution in [0.25, 0.3) is 0 Å². The number of allylic oxidation sites excluding steroid dienone is 8. The largest absolute Gasteiger partial charge is 0.462 e. The van der Waals surface area contributed by atoms with Gasteiger partial charge in [-0.1, -0.05) is 211 Å². The van der Waals surface area contributed by atoms with Crippen LogP contribution >= 0.6 is 0 Å². The summed E-state index contributed by atoms with van der Waals surface area (Å²) in [5, 5.41) is 0. The molecule has 0 aromatic rings. The van der Waals surface area contributed by atoms with Gasteiger partial charge < -0.3 is 14.2 Å². The minimum atomic E-state index is -0.783. The molecule has 354 valence electrons. The molecular weight excluding hydrogens is 757 g/mol. The van der Waals surface area contributed by atoms with E-state index in [1.54, 1.807) is 0 Å². The standard InChI is InChI=1S/C55H98O6/c1-4-7-10-13-16-19-22-25-27-30-33-36-39-42-45-48-54(57)60-51-52(50-59-53(56)47-44-41-38-35-32-29-24-21-18-15-12-9-6-3)61-55(58)49-46-43-40-37-34-31-28-26-23-20-17-14-11-8-5-2/h16-17,19-20,25-28,52H,4-15,18,21-24,29-51H2,1-3H3/b19-16-,20-17-,27-25-,28-26-/t52-/m0/s1. The van der Waals surface area contributed by atoms with Crippen molar-refractivity contribution < 1.29 is 28.6 Å². The van der Waals surface area contributed by atoms with Crippen molar-refractivity contribution in [1.82, 2.24) is 0 Å². The van der Waals surface area contributed by atoms with Gasteiger partial charge in [-0.25, -0.2) is 0 Å². The van der Waals surface area contributed by atoms with E-state index in [9.17, 15) is 14.4 Å². The zero-order chi connectivity index (χ0) is 44.4. The predicted octanol–water partition coefficient (Wildman–Crippen LogP) is 17.1. The Morgan fingerprint density at radius 1 is 0.328 bits per heavy atom. The maximum atomic E-state index is 12.8. The molecule has 1 atom stereocenters. The van der Waals surface area contributed by atoms with Crippen molar-refractivity contribution in [3.8, 4) is 0 Å². The first-order valence-electron chi connectivity index (χ1n) is 26.1. The highest BCUT2D eigenvalue weighted by atomic mass is 16.6. The third kappa shape index (κ3) is 48.3. The van der Waals surface area contributed by atoms with E-state index in [1.807, 2.05) is 0 Å². The maximum Gasteiger partial charge on any atom is 0.306 e. The van der Waals surface area contributed by atoms with Crippen LogP contribution in [-0.4, -0.2) is 37.2 Å².